The average Bonchev–Trinajstić information content (AvgIpc) is 2.79. The number of halogens is 3. The van der Waals surface area contributed by atoms with Gasteiger partial charge in [0.2, 0.25) is 0 Å². The van der Waals surface area contributed by atoms with Gasteiger partial charge in [-0.1, -0.05) is 6.92 Å². The van der Waals surface area contributed by atoms with Gasteiger partial charge >= 0.3 is 12.1 Å². The molecule has 1 aromatic rings. The van der Waals surface area contributed by atoms with Crippen LogP contribution in [0.25, 0.3) is 0 Å². The molecule has 1 N–H and O–H groups in total. The van der Waals surface area contributed by atoms with E-state index >= 15 is 0 Å². The first-order chi connectivity index (χ1) is 9.70. The number of benzene rings is 1. The minimum absolute atomic E-state index is 0.0797. The number of alkyl halides is 3. The maximum absolute atomic E-state index is 12.5. The second-order valence-electron chi connectivity index (χ2n) is 5.21. The lowest BCUT2D eigenvalue weighted by atomic mass is 9.99. The maximum atomic E-state index is 12.5. The highest BCUT2D eigenvalue weighted by molar-refractivity contribution is 5.94. The van der Waals surface area contributed by atoms with Crippen molar-refractivity contribution in [3.8, 4) is 0 Å². The van der Waals surface area contributed by atoms with E-state index in [4.69, 9.17) is 5.11 Å². The number of carbonyl (C=O) groups is 2. The van der Waals surface area contributed by atoms with Gasteiger partial charge in [-0.3, -0.25) is 9.59 Å². The smallest absolute Gasteiger partial charge is 0.416 e. The molecule has 0 saturated carbocycles. The molecule has 1 aliphatic rings. The Bertz CT molecular complexity index is 554. The highest BCUT2D eigenvalue weighted by Gasteiger charge is 2.37. The van der Waals surface area contributed by atoms with Crippen molar-refractivity contribution in [1.29, 1.82) is 0 Å². The van der Waals surface area contributed by atoms with E-state index in [2.05, 4.69) is 0 Å². The normalized spacial score (nSPS) is 22.4. The first kappa shape index (κ1) is 15.3. The van der Waals surface area contributed by atoms with Gasteiger partial charge < -0.3 is 10.0 Å². The summed E-state index contributed by atoms with van der Waals surface area (Å²) in [6.07, 6.45) is -4.45. The Balaban J connectivity index is 2.13. The van der Waals surface area contributed by atoms with Crippen LogP contribution in [0.1, 0.15) is 22.8 Å². The molecule has 0 aromatic heterocycles. The molecule has 2 atom stereocenters. The Labute approximate surface area is 119 Å². The quantitative estimate of drug-likeness (QED) is 0.913. The topological polar surface area (TPSA) is 57.6 Å². The summed E-state index contributed by atoms with van der Waals surface area (Å²) in [4.78, 5) is 24.5. The molecule has 1 heterocycles. The fraction of sp³-hybridized carbons (Fsp3) is 0.429. The van der Waals surface area contributed by atoms with Gasteiger partial charge in [-0.15, -0.1) is 0 Å². The Kier molecular flexibility index (Phi) is 3.93. The lowest BCUT2D eigenvalue weighted by molar-refractivity contribution is -0.142. The van der Waals surface area contributed by atoms with Crippen LogP contribution >= 0.6 is 0 Å². The van der Waals surface area contributed by atoms with Crippen LogP contribution in [-0.2, 0) is 11.0 Å². The van der Waals surface area contributed by atoms with Crippen molar-refractivity contribution in [1.82, 2.24) is 4.90 Å². The van der Waals surface area contributed by atoms with E-state index in [0.29, 0.717) is 0 Å². The Morgan fingerprint density at radius 1 is 1.19 bits per heavy atom. The first-order valence-electron chi connectivity index (χ1n) is 6.39. The van der Waals surface area contributed by atoms with Gasteiger partial charge in [0.1, 0.15) is 0 Å². The highest BCUT2D eigenvalue weighted by Crippen LogP contribution is 2.30. The monoisotopic (exact) mass is 301 g/mol. The summed E-state index contributed by atoms with van der Waals surface area (Å²) < 4.78 is 37.4. The van der Waals surface area contributed by atoms with Crippen molar-refractivity contribution < 1.29 is 27.9 Å². The first-order valence-corrected chi connectivity index (χ1v) is 6.39. The molecular formula is C14H14F3NO3. The zero-order chi connectivity index (χ0) is 15.8. The summed E-state index contributed by atoms with van der Waals surface area (Å²) in [6, 6.07) is 3.93. The molecule has 2 unspecified atom stereocenters. The van der Waals surface area contributed by atoms with Gasteiger partial charge in [-0.05, 0) is 30.2 Å². The van der Waals surface area contributed by atoms with Gasteiger partial charge in [0.15, 0.2) is 0 Å². The van der Waals surface area contributed by atoms with Crippen LogP contribution in [0.4, 0.5) is 13.2 Å². The van der Waals surface area contributed by atoms with Crippen molar-refractivity contribution in [3.05, 3.63) is 35.4 Å². The molecule has 21 heavy (non-hydrogen) atoms. The van der Waals surface area contributed by atoms with E-state index < -0.39 is 29.5 Å². The van der Waals surface area contributed by atoms with Crippen LogP contribution in [-0.4, -0.2) is 35.0 Å². The van der Waals surface area contributed by atoms with Crippen LogP contribution in [0.3, 0.4) is 0 Å². The van der Waals surface area contributed by atoms with E-state index in [1.807, 2.05) is 0 Å². The molecule has 1 amide bonds. The number of carbonyl (C=O) groups excluding carboxylic acids is 1. The number of likely N-dealkylation sites (tertiary alicyclic amines) is 1. The molecule has 2 rings (SSSR count). The van der Waals surface area contributed by atoms with Crippen molar-refractivity contribution >= 4 is 11.9 Å². The molecule has 1 aliphatic heterocycles. The van der Waals surface area contributed by atoms with Crippen LogP contribution in [0.5, 0.6) is 0 Å². The van der Waals surface area contributed by atoms with Crippen molar-refractivity contribution in [3.63, 3.8) is 0 Å². The third kappa shape index (κ3) is 3.17. The van der Waals surface area contributed by atoms with E-state index in [1.54, 1.807) is 6.92 Å². The van der Waals surface area contributed by atoms with Crippen LogP contribution in [0.2, 0.25) is 0 Å². The summed E-state index contributed by atoms with van der Waals surface area (Å²) in [6.45, 7) is 2.10. The second kappa shape index (κ2) is 5.38. The fourth-order valence-electron chi connectivity index (χ4n) is 2.44. The van der Waals surface area contributed by atoms with E-state index in [0.717, 1.165) is 24.3 Å². The van der Waals surface area contributed by atoms with E-state index in [9.17, 15) is 22.8 Å². The molecule has 1 aromatic carbocycles. The predicted molar refractivity (Wildman–Crippen MR) is 67.6 cm³/mol. The SMILES string of the molecule is CC1CN(C(=O)c2ccc(C(F)(F)F)cc2)CC1C(=O)O. The Hall–Kier alpha value is -2.05. The van der Waals surface area contributed by atoms with E-state index in [-0.39, 0.29) is 24.6 Å². The molecular weight excluding hydrogens is 287 g/mol. The van der Waals surface area contributed by atoms with Gasteiger partial charge in [-0.2, -0.15) is 13.2 Å². The number of aliphatic carboxylic acids is 1. The molecule has 1 fully saturated rings. The fourth-order valence-corrected chi connectivity index (χ4v) is 2.44. The van der Waals surface area contributed by atoms with Crippen LogP contribution in [0, 0.1) is 11.8 Å². The minimum atomic E-state index is -4.45. The van der Waals surface area contributed by atoms with Gasteiger partial charge in [0.05, 0.1) is 11.5 Å². The predicted octanol–water partition coefficient (Wildman–Crippen LogP) is 2.50. The zero-order valence-electron chi connectivity index (χ0n) is 11.2. The number of rotatable bonds is 2. The van der Waals surface area contributed by atoms with Gasteiger partial charge in [0, 0.05) is 18.7 Å². The van der Waals surface area contributed by atoms with Gasteiger partial charge in [-0.25, -0.2) is 0 Å². The molecule has 0 spiro atoms. The van der Waals surface area contributed by atoms with E-state index in [1.165, 1.54) is 4.90 Å². The third-order valence-electron chi connectivity index (χ3n) is 3.68. The lowest BCUT2D eigenvalue weighted by Gasteiger charge is -2.16. The van der Waals surface area contributed by atoms with Crippen molar-refractivity contribution in [2.75, 3.05) is 13.1 Å². The molecule has 1 saturated heterocycles. The minimum Gasteiger partial charge on any atom is -0.481 e. The summed E-state index contributed by atoms with van der Waals surface area (Å²) in [7, 11) is 0. The Morgan fingerprint density at radius 3 is 2.19 bits per heavy atom. The van der Waals surface area contributed by atoms with Crippen molar-refractivity contribution in [2.24, 2.45) is 11.8 Å². The standard InChI is InChI=1S/C14H14F3NO3/c1-8-6-18(7-11(8)13(20)21)12(19)9-2-4-10(5-3-9)14(15,16)17/h2-5,8,11H,6-7H2,1H3,(H,20,21). The number of nitrogens with zero attached hydrogens (tertiary/aromatic N) is 1. The third-order valence-corrected chi connectivity index (χ3v) is 3.68. The zero-order valence-corrected chi connectivity index (χ0v) is 11.2. The summed E-state index contributed by atoms with van der Waals surface area (Å²) in [5.41, 5.74) is -0.696. The molecule has 4 nitrogen and oxygen atoms in total. The highest BCUT2D eigenvalue weighted by atomic mass is 19.4. The number of hydrogen-bond acceptors (Lipinski definition) is 2. The summed E-state index contributed by atoms with van der Waals surface area (Å²) >= 11 is 0. The van der Waals surface area contributed by atoms with Crippen LogP contribution < -0.4 is 0 Å². The van der Waals surface area contributed by atoms with Crippen molar-refractivity contribution in [2.45, 2.75) is 13.1 Å². The van der Waals surface area contributed by atoms with Crippen LogP contribution in [0.15, 0.2) is 24.3 Å². The lowest BCUT2D eigenvalue weighted by Crippen LogP contribution is -2.30. The number of amides is 1. The number of carboxylic acids is 1. The maximum Gasteiger partial charge on any atom is 0.416 e. The van der Waals surface area contributed by atoms with Gasteiger partial charge in [0.25, 0.3) is 5.91 Å². The Morgan fingerprint density at radius 2 is 1.76 bits per heavy atom. The molecule has 0 aliphatic carbocycles. The number of carboxylic acid groups (broad SMARTS) is 1. The average molecular weight is 301 g/mol. The molecule has 7 heteroatoms. The molecule has 114 valence electrons. The second-order valence-corrected chi connectivity index (χ2v) is 5.21. The summed E-state index contributed by atoms with van der Waals surface area (Å²) in [5.74, 6) is -2.23. The number of hydrogen-bond donors (Lipinski definition) is 1. The molecule has 0 radical (unpaired) electrons. The largest absolute Gasteiger partial charge is 0.481 e. The summed E-state index contributed by atoms with van der Waals surface area (Å²) in [5, 5.41) is 9.02. The molecule has 0 bridgehead atoms.